The van der Waals surface area contributed by atoms with Gasteiger partial charge in [-0.2, -0.15) is 0 Å². The number of hydrogen-bond donors (Lipinski definition) is 0. The lowest BCUT2D eigenvalue weighted by Gasteiger charge is -2.34. The number of halogens is 1. The van der Waals surface area contributed by atoms with Crippen LogP contribution in [0.25, 0.3) is 0 Å². The van der Waals surface area contributed by atoms with Gasteiger partial charge < -0.3 is 4.90 Å². The summed E-state index contributed by atoms with van der Waals surface area (Å²) in [5, 5.41) is 0. The topological polar surface area (TPSA) is 20.3 Å². The minimum absolute atomic E-state index is 0.197. The molecule has 1 aromatic carbocycles. The van der Waals surface area contributed by atoms with E-state index in [0.717, 1.165) is 36.8 Å². The van der Waals surface area contributed by atoms with Gasteiger partial charge in [-0.3, -0.25) is 4.79 Å². The fourth-order valence-electron chi connectivity index (χ4n) is 3.20. The Morgan fingerprint density at radius 1 is 1.32 bits per heavy atom. The van der Waals surface area contributed by atoms with Crippen molar-refractivity contribution in [3.8, 4) is 0 Å². The molecule has 1 saturated heterocycles. The third kappa shape index (κ3) is 2.45. The molecule has 3 heteroatoms. The maximum absolute atomic E-state index is 12.8. The molecule has 1 heterocycles. The fourth-order valence-corrected chi connectivity index (χ4v) is 3.46. The standard InChI is InChI=1S/C16H20BrNO/c1-12-3-2-10-18(11-12)15(19)16(8-9-16)13-4-6-14(17)7-5-13/h4-7,12H,2-3,8-11H2,1H3. The summed E-state index contributed by atoms with van der Waals surface area (Å²) in [6.07, 6.45) is 4.44. The van der Waals surface area contributed by atoms with Crippen LogP contribution < -0.4 is 0 Å². The van der Waals surface area contributed by atoms with Crippen molar-refractivity contribution < 1.29 is 4.79 Å². The summed E-state index contributed by atoms with van der Waals surface area (Å²) >= 11 is 3.46. The average molecular weight is 322 g/mol. The van der Waals surface area contributed by atoms with Crippen LogP contribution in [0.1, 0.15) is 38.2 Å². The van der Waals surface area contributed by atoms with Crippen molar-refractivity contribution in [3.05, 3.63) is 34.3 Å². The summed E-state index contributed by atoms with van der Waals surface area (Å²) in [6, 6.07) is 8.29. The first-order valence-corrected chi connectivity index (χ1v) is 7.96. The lowest BCUT2D eigenvalue weighted by atomic mass is 9.92. The quantitative estimate of drug-likeness (QED) is 0.812. The van der Waals surface area contributed by atoms with Gasteiger partial charge in [-0.25, -0.2) is 0 Å². The van der Waals surface area contributed by atoms with E-state index < -0.39 is 0 Å². The van der Waals surface area contributed by atoms with Gasteiger partial charge in [-0.15, -0.1) is 0 Å². The molecular formula is C16H20BrNO. The monoisotopic (exact) mass is 321 g/mol. The molecular weight excluding hydrogens is 302 g/mol. The van der Waals surface area contributed by atoms with Crippen molar-refractivity contribution in [3.63, 3.8) is 0 Å². The van der Waals surface area contributed by atoms with E-state index in [1.165, 1.54) is 12.0 Å². The Balaban J connectivity index is 1.80. The zero-order valence-electron chi connectivity index (χ0n) is 11.4. The predicted molar refractivity (Wildman–Crippen MR) is 80.0 cm³/mol. The third-order valence-electron chi connectivity index (χ3n) is 4.50. The number of carbonyl (C=O) groups is 1. The highest BCUT2D eigenvalue weighted by atomic mass is 79.9. The molecule has 2 aliphatic rings. The molecule has 2 fully saturated rings. The maximum Gasteiger partial charge on any atom is 0.233 e. The van der Waals surface area contributed by atoms with Gasteiger partial charge in [0.15, 0.2) is 0 Å². The summed E-state index contributed by atoms with van der Waals surface area (Å²) in [4.78, 5) is 14.9. The highest BCUT2D eigenvalue weighted by molar-refractivity contribution is 9.10. The molecule has 2 nitrogen and oxygen atoms in total. The van der Waals surface area contributed by atoms with Crippen LogP contribution in [0.15, 0.2) is 28.7 Å². The lowest BCUT2D eigenvalue weighted by Crippen LogP contribution is -2.44. The molecule has 0 radical (unpaired) electrons. The van der Waals surface area contributed by atoms with Crippen molar-refractivity contribution in [1.82, 2.24) is 4.90 Å². The fraction of sp³-hybridized carbons (Fsp3) is 0.562. The lowest BCUT2D eigenvalue weighted by molar-refractivity contribution is -0.135. The van der Waals surface area contributed by atoms with Gasteiger partial charge in [0.2, 0.25) is 5.91 Å². The third-order valence-corrected chi connectivity index (χ3v) is 5.03. The summed E-state index contributed by atoms with van der Waals surface area (Å²) in [6.45, 7) is 4.14. The van der Waals surface area contributed by atoms with E-state index >= 15 is 0 Å². The molecule has 0 spiro atoms. The van der Waals surface area contributed by atoms with E-state index in [4.69, 9.17) is 0 Å². The second kappa shape index (κ2) is 4.93. The van der Waals surface area contributed by atoms with Gasteiger partial charge in [-0.1, -0.05) is 35.0 Å². The molecule has 0 bridgehead atoms. The number of carbonyl (C=O) groups excluding carboxylic acids is 1. The second-order valence-electron chi connectivity index (χ2n) is 6.09. The molecule has 1 amide bonds. The number of hydrogen-bond acceptors (Lipinski definition) is 1. The summed E-state index contributed by atoms with van der Waals surface area (Å²) < 4.78 is 1.08. The van der Waals surface area contributed by atoms with Crippen molar-refractivity contribution in [2.24, 2.45) is 5.92 Å². The number of likely N-dealkylation sites (tertiary alicyclic amines) is 1. The zero-order valence-corrected chi connectivity index (χ0v) is 12.9. The van der Waals surface area contributed by atoms with E-state index in [-0.39, 0.29) is 5.41 Å². The van der Waals surface area contributed by atoms with E-state index in [1.54, 1.807) is 0 Å². The Morgan fingerprint density at radius 3 is 2.58 bits per heavy atom. The molecule has 1 atom stereocenters. The SMILES string of the molecule is CC1CCCN(C(=O)C2(c3ccc(Br)cc3)CC2)C1. The van der Waals surface area contributed by atoms with E-state index in [9.17, 15) is 4.79 Å². The van der Waals surface area contributed by atoms with Crippen LogP contribution in [0.5, 0.6) is 0 Å². The van der Waals surface area contributed by atoms with E-state index in [1.807, 2.05) is 12.1 Å². The molecule has 1 aliphatic heterocycles. The Labute approximate surface area is 123 Å². The Hall–Kier alpha value is -0.830. The van der Waals surface area contributed by atoms with Crippen molar-refractivity contribution >= 4 is 21.8 Å². The molecule has 102 valence electrons. The predicted octanol–water partition coefficient (Wildman–Crippen LogP) is 3.74. The summed E-state index contributed by atoms with van der Waals surface area (Å²) in [7, 11) is 0. The Morgan fingerprint density at radius 2 is 2.00 bits per heavy atom. The Bertz CT molecular complexity index is 478. The summed E-state index contributed by atoms with van der Waals surface area (Å²) in [5.74, 6) is 1.01. The highest BCUT2D eigenvalue weighted by Crippen LogP contribution is 2.50. The number of benzene rings is 1. The van der Waals surface area contributed by atoms with Crippen LogP contribution in [0, 0.1) is 5.92 Å². The van der Waals surface area contributed by atoms with Gasteiger partial charge in [0, 0.05) is 17.6 Å². The molecule has 1 unspecified atom stereocenters. The van der Waals surface area contributed by atoms with Gasteiger partial charge in [0.05, 0.1) is 5.41 Å². The van der Waals surface area contributed by atoms with Crippen LogP contribution in [-0.2, 0) is 10.2 Å². The first-order valence-electron chi connectivity index (χ1n) is 7.17. The molecule has 0 aromatic heterocycles. The van der Waals surface area contributed by atoms with Crippen molar-refractivity contribution in [2.75, 3.05) is 13.1 Å². The molecule has 3 rings (SSSR count). The van der Waals surface area contributed by atoms with Crippen molar-refractivity contribution in [1.29, 1.82) is 0 Å². The average Bonchev–Trinajstić information content (AvgIpc) is 3.20. The van der Waals surface area contributed by atoms with Crippen LogP contribution in [0.4, 0.5) is 0 Å². The number of rotatable bonds is 2. The van der Waals surface area contributed by atoms with Gasteiger partial charge in [0.25, 0.3) is 0 Å². The number of piperidine rings is 1. The maximum atomic E-state index is 12.8. The van der Waals surface area contributed by atoms with Crippen LogP contribution >= 0.6 is 15.9 Å². The molecule has 1 saturated carbocycles. The molecule has 19 heavy (non-hydrogen) atoms. The van der Waals surface area contributed by atoms with Crippen LogP contribution in [-0.4, -0.2) is 23.9 Å². The molecule has 1 aromatic rings. The van der Waals surface area contributed by atoms with E-state index in [0.29, 0.717) is 11.8 Å². The first kappa shape index (κ1) is 13.2. The Kier molecular flexibility index (Phi) is 3.42. The van der Waals surface area contributed by atoms with E-state index in [2.05, 4.69) is 39.9 Å². The smallest absolute Gasteiger partial charge is 0.233 e. The van der Waals surface area contributed by atoms with Gasteiger partial charge >= 0.3 is 0 Å². The minimum atomic E-state index is -0.197. The van der Waals surface area contributed by atoms with Gasteiger partial charge in [0.1, 0.15) is 0 Å². The zero-order chi connectivity index (χ0) is 13.5. The van der Waals surface area contributed by atoms with Crippen molar-refractivity contribution in [2.45, 2.75) is 38.0 Å². The minimum Gasteiger partial charge on any atom is -0.342 e. The first-order chi connectivity index (χ1) is 9.12. The number of amides is 1. The highest BCUT2D eigenvalue weighted by Gasteiger charge is 2.53. The summed E-state index contributed by atoms with van der Waals surface area (Å²) in [5.41, 5.74) is 0.997. The largest absolute Gasteiger partial charge is 0.342 e. The molecule has 0 N–H and O–H groups in total. The second-order valence-corrected chi connectivity index (χ2v) is 7.00. The molecule has 1 aliphatic carbocycles. The normalized spacial score (nSPS) is 25.2. The van der Waals surface area contributed by atoms with Gasteiger partial charge in [-0.05, 0) is 49.3 Å². The van der Waals surface area contributed by atoms with Crippen LogP contribution in [0.3, 0.4) is 0 Å². The number of nitrogens with zero attached hydrogens (tertiary/aromatic N) is 1. The van der Waals surface area contributed by atoms with Crippen LogP contribution in [0.2, 0.25) is 0 Å².